The molecule has 6 heteroatoms. The highest BCUT2D eigenvalue weighted by atomic mass is 32.1. The maximum atomic E-state index is 13.6. The molecule has 2 aromatic rings. The molecule has 1 saturated heterocycles. The van der Waals surface area contributed by atoms with Crippen molar-refractivity contribution in [2.24, 2.45) is 0 Å². The standard InChI is InChI=1S/C23H27N3O2S/c1-15-12-16(2)14-18(13-15)26-22(27)20(19-6-5-11-29-19)21(23(26)28)25(4)17-7-9-24(3)10-8-17/h5-6,11-14,17H,7-10H2,1-4H3. The van der Waals surface area contributed by atoms with Gasteiger partial charge in [0.25, 0.3) is 11.8 Å². The number of rotatable bonds is 4. The smallest absolute Gasteiger partial charge is 0.282 e. The normalized spacial score (nSPS) is 18.8. The predicted molar refractivity (Wildman–Crippen MR) is 118 cm³/mol. The van der Waals surface area contributed by atoms with Crippen LogP contribution in [0.25, 0.3) is 5.57 Å². The van der Waals surface area contributed by atoms with E-state index in [2.05, 4.69) is 16.8 Å². The predicted octanol–water partition coefficient (Wildman–Crippen LogP) is 3.68. The molecule has 2 amide bonds. The first-order valence-corrected chi connectivity index (χ1v) is 10.9. The molecule has 0 aliphatic carbocycles. The first-order valence-electron chi connectivity index (χ1n) is 10.0. The first-order chi connectivity index (χ1) is 13.9. The minimum atomic E-state index is -0.225. The van der Waals surface area contributed by atoms with Gasteiger partial charge in [-0.25, -0.2) is 4.90 Å². The number of nitrogens with zero attached hydrogens (tertiary/aromatic N) is 3. The highest BCUT2D eigenvalue weighted by Crippen LogP contribution is 2.38. The number of hydrogen-bond acceptors (Lipinski definition) is 5. The fourth-order valence-electron chi connectivity index (χ4n) is 4.37. The Kier molecular flexibility index (Phi) is 5.32. The first kappa shape index (κ1) is 19.9. The minimum Gasteiger partial charge on any atom is -0.366 e. The van der Waals surface area contributed by atoms with Crippen molar-refractivity contribution in [3.8, 4) is 0 Å². The van der Waals surface area contributed by atoms with Crippen LogP contribution in [0.15, 0.2) is 41.4 Å². The molecule has 0 bridgehead atoms. The maximum Gasteiger partial charge on any atom is 0.282 e. The molecule has 1 fully saturated rings. The topological polar surface area (TPSA) is 43.9 Å². The molecule has 29 heavy (non-hydrogen) atoms. The molecule has 0 unspecified atom stereocenters. The Balaban J connectivity index is 1.77. The van der Waals surface area contributed by atoms with Gasteiger partial charge in [-0.2, -0.15) is 0 Å². The van der Waals surface area contributed by atoms with E-state index in [0.29, 0.717) is 17.0 Å². The Bertz CT molecular complexity index is 952. The number of carbonyl (C=O) groups is 2. The molecule has 3 heterocycles. The minimum absolute atomic E-state index is 0.218. The lowest BCUT2D eigenvalue weighted by molar-refractivity contribution is -0.120. The van der Waals surface area contributed by atoms with Gasteiger partial charge in [0.1, 0.15) is 5.70 Å². The molecule has 0 saturated carbocycles. The van der Waals surface area contributed by atoms with Gasteiger partial charge in [0.15, 0.2) is 0 Å². The van der Waals surface area contributed by atoms with Crippen LogP contribution in [0.4, 0.5) is 5.69 Å². The van der Waals surface area contributed by atoms with E-state index in [1.807, 2.05) is 56.6 Å². The van der Waals surface area contributed by atoms with E-state index in [9.17, 15) is 9.59 Å². The number of imide groups is 1. The third-order valence-electron chi connectivity index (χ3n) is 5.88. The van der Waals surface area contributed by atoms with Crippen molar-refractivity contribution in [3.05, 3.63) is 57.4 Å². The lowest BCUT2D eigenvalue weighted by Gasteiger charge is -2.36. The van der Waals surface area contributed by atoms with Crippen molar-refractivity contribution < 1.29 is 9.59 Å². The van der Waals surface area contributed by atoms with E-state index in [1.54, 1.807) is 0 Å². The van der Waals surface area contributed by atoms with Crippen molar-refractivity contribution >= 4 is 34.4 Å². The number of anilines is 1. The maximum absolute atomic E-state index is 13.6. The van der Waals surface area contributed by atoms with Crippen LogP contribution in [0.3, 0.4) is 0 Å². The average Bonchev–Trinajstić information content (AvgIpc) is 3.27. The quantitative estimate of drug-likeness (QED) is 0.723. The van der Waals surface area contributed by atoms with Gasteiger partial charge in [-0.1, -0.05) is 12.1 Å². The molecule has 1 aromatic heterocycles. The van der Waals surface area contributed by atoms with Crippen molar-refractivity contribution in [1.29, 1.82) is 0 Å². The summed E-state index contributed by atoms with van der Waals surface area (Å²) < 4.78 is 0. The zero-order valence-corrected chi connectivity index (χ0v) is 18.3. The summed E-state index contributed by atoms with van der Waals surface area (Å²) in [5, 5.41) is 1.95. The second-order valence-corrected chi connectivity index (χ2v) is 9.09. The van der Waals surface area contributed by atoms with Crippen LogP contribution in [-0.4, -0.2) is 54.8 Å². The van der Waals surface area contributed by atoms with Crippen LogP contribution in [0.5, 0.6) is 0 Å². The van der Waals surface area contributed by atoms with Crippen LogP contribution in [0, 0.1) is 13.8 Å². The van der Waals surface area contributed by atoms with Crippen molar-refractivity contribution in [2.75, 3.05) is 32.1 Å². The molecule has 2 aliphatic rings. The Morgan fingerprint density at radius 2 is 1.69 bits per heavy atom. The molecule has 4 rings (SSSR count). The van der Waals surface area contributed by atoms with Crippen molar-refractivity contribution in [3.63, 3.8) is 0 Å². The Morgan fingerprint density at radius 3 is 2.28 bits per heavy atom. The van der Waals surface area contributed by atoms with Crippen LogP contribution in [-0.2, 0) is 9.59 Å². The van der Waals surface area contributed by atoms with Gasteiger partial charge in [0.2, 0.25) is 0 Å². The number of piperidine rings is 1. The number of hydrogen-bond donors (Lipinski definition) is 0. The number of aryl methyl sites for hydroxylation is 2. The zero-order valence-electron chi connectivity index (χ0n) is 17.4. The lowest BCUT2D eigenvalue weighted by atomic mass is 10.0. The summed E-state index contributed by atoms with van der Waals surface area (Å²) in [6.07, 6.45) is 1.97. The van der Waals surface area contributed by atoms with E-state index < -0.39 is 0 Å². The van der Waals surface area contributed by atoms with E-state index >= 15 is 0 Å². The molecular weight excluding hydrogens is 382 g/mol. The van der Waals surface area contributed by atoms with Crippen molar-refractivity contribution in [1.82, 2.24) is 9.80 Å². The monoisotopic (exact) mass is 409 g/mol. The van der Waals surface area contributed by atoms with Gasteiger partial charge >= 0.3 is 0 Å². The van der Waals surface area contributed by atoms with E-state index in [4.69, 9.17) is 0 Å². The summed E-state index contributed by atoms with van der Waals surface area (Å²) in [6.45, 7) is 5.97. The molecule has 5 nitrogen and oxygen atoms in total. The summed E-state index contributed by atoms with van der Waals surface area (Å²) >= 11 is 1.51. The molecule has 0 N–H and O–H groups in total. The SMILES string of the molecule is Cc1cc(C)cc(N2C(=O)C(c3cccs3)=C(N(C)C3CCN(C)CC3)C2=O)c1. The van der Waals surface area contributed by atoms with Gasteiger partial charge in [-0.15, -0.1) is 11.3 Å². The highest BCUT2D eigenvalue weighted by molar-refractivity contribution is 7.11. The Morgan fingerprint density at radius 1 is 1.03 bits per heavy atom. The van der Waals surface area contributed by atoms with E-state index in [0.717, 1.165) is 41.9 Å². The number of carbonyl (C=O) groups excluding carboxylic acids is 2. The Labute approximate surface area is 176 Å². The summed E-state index contributed by atoms with van der Waals surface area (Å²) in [5.41, 5.74) is 3.79. The van der Waals surface area contributed by atoms with Gasteiger partial charge < -0.3 is 9.80 Å². The van der Waals surface area contributed by atoms with Crippen LogP contribution in [0.2, 0.25) is 0 Å². The number of likely N-dealkylation sites (tertiary alicyclic amines) is 1. The van der Waals surface area contributed by atoms with Crippen LogP contribution >= 0.6 is 11.3 Å². The fraction of sp³-hybridized carbons (Fsp3) is 0.391. The highest BCUT2D eigenvalue weighted by Gasteiger charge is 2.43. The number of amides is 2. The third kappa shape index (κ3) is 3.63. The summed E-state index contributed by atoms with van der Waals surface area (Å²) in [6, 6.07) is 9.98. The summed E-state index contributed by atoms with van der Waals surface area (Å²) in [7, 11) is 4.09. The molecule has 1 aromatic carbocycles. The lowest BCUT2D eigenvalue weighted by Crippen LogP contribution is -2.43. The largest absolute Gasteiger partial charge is 0.366 e. The third-order valence-corrected chi connectivity index (χ3v) is 6.77. The average molecular weight is 410 g/mol. The van der Waals surface area contributed by atoms with Gasteiger partial charge in [0.05, 0.1) is 11.3 Å². The molecule has 2 aliphatic heterocycles. The zero-order chi connectivity index (χ0) is 20.7. The Hall–Kier alpha value is -2.44. The van der Waals surface area contributed by atoms with Gasteiger partial charge in [-0.3, -0.25) is 9.59 Å². The number of benzene rings is 1. The molecule has 152 valence electrons. The van der Waals surface area contributed by atoms with Gasteiger partial charge in [0, 0.05) is 18.0 Å². The second-order valence-electron chi connectivity index (χ2n) is 8.14. The van der Waals surface area contributed by atoms with E-state index in [-0.39, 0.29) is 17.9 Å². The van der Waals surface area contributed by atoms with Gasteiger partial charge in [-0.05, 0) is 81.5 Å². The van der Waals surface area contributed by atoms with E-state index in [1.165, 1.54) is 16.2 Å². The van der Waals surface area contributed by atoms with Crippen molar-refractivity contribution in [2.45, 2.75) is 32.7 Å². The second kappa shape index (κ2) is 7.76. The fourth-order valence-corrected chi connectivity index (χ4v) is 5.13. The van der Waals surface area contributed by atoms with Crippen LogP contribution < -0.4 is 4.90 Å². The molecule has 0 radical (unpaired) electrons. The number of thiophene rings is 1. The number of likely N-dealkylation sites (N-methyl/N-ethyl adjacent to an activating group) is 1. The summed E-state index contributed by atoms with van der Waals surface area (Å²) in [4.78, 5) is 33.7. The summed E-state index contributed by atoms with van der Waals surface area (Å²) in [5.74, 6) is -0.443. The molecular formula is C23H27N3O2S. The molecule has 0 atom stereocenters. The van der Waals surface area contributed by atoms with Crippen LogP contribution in [0.1, 0.15) is 28.8 Å². The molecule has 0 spiro atoms.